The number of nitrogens with one attached hydrogen (secondary N) is 1. The Morgan fingerprint density at radius 1 is 1.45 bits per heavy atom. The highest BCUT2D eigenvalue weighted by Gasteiger charge is 2.23. The predicted molar refractivity (Wildman–Crippen MR) is 81.0 cm³/mol. The Morgan fingerprint density at radius 2 is 2.15 bits per heavy atom. The second-order valence-corrected chi connectivity index (χ2v) is 6.09. The van der Waals surface area contributed by atoms with E-state index in [0.29, 0.717) is 12.0 Å². The zero-order valence-corrected chi connectivity index (χ0v) is 13.1. The van der Waals surface area contributed by atoms with Crippen LogP contribution < -0.4 is 11.2 Å². The van der Waals surface area contributed by atoms with Crippen molar-refractivity contribution in [1.82, 2.24) is 14.5 Å². The molecule has 1 N–H and O–H groups in total. The molecule has 0 aliphatic heterocycles. The summed E-state index contributed by atoms with van der Waals surface area (Å²) in [6, 6.07) is -0.360. The molecule has 108 valence electrons. The van der Waals surface area contributed by atoms with Crippen molar-refractivity contribution in [2.24, 2.45) is 0 Å². The monoisotopic (exact) mass is 313 g/mol. The maximum absolute atomic E-state index is 12.6. The summed E-state index contributed by atoms with van der Waals surface area (Å²) in [5.74, 6) is -0.0631. The van der Waals surface area contributed by atoms with Gasteiger partial charge in [0.05, 0.1) is 11.6 Å². The highest BCUT2D eigenvalue weighted by atomic mass is 35.5. The number of thiazole rings is 1. The Kier molecular flexibility index (Phi) is 4.45. The molecule has 0 spiro atoms. The van der Waals surface area contributed by atoms with Gasteiger partial charge in [0.25, 0.3) is 5.56 Å². The van der Waals surface area contributed by atoms with Crippen molar-refractivity contribution in [2.45, 2.75) is 39.2 Å². The van der Waals surface area contributed by atoms with Crippen LogP contribution in [0.5, 0.6) is 0 Å². The van der Waals surface area contributed by atoms with Gasteiger partial charge in [-0.2, -0.15) is 0 Å². The van der Waals surface area contributed by atoms with Gasteiger partial charge in [-0.15, -0.1) is 11.3 Å². The van der Waals surface area contributed by atoms with Crippen LogP contribution in [0.1, 0.15) is 49.7 Å². The van der Waals surface area contributed by atoms with Crippen LogP contribution in [0.4, 0.5) is 0 Å². The summed E-state index contributed by atoms with van der Waals surface area (Å²) in [5, 5.41) is 2.70. The van der Waals surface area contributed by atoms with E-state index in [4.69, 9.17) is 11.6 Å². The van der Waals surface area contributed by atoms with Crippen LogP contribution in [0.25, 0.3) is 0 Å². The number of hydrogen-bond donors (Lipinski definition) is 1. The lowest BCUT2D eigenvalue weighted by molar-refractivity contribution is 0.511. The summed E-state index contributed by atoms with van der Waals surface area (Å²) in [6.07, 6.45) is 2.27. The summed E-state index contributed by atoms with van der Waals surface area (Å²) in [7, 11) is 0. The Hall–Kier alpha value is -1.40. The zero-order chi connectivity index (χ0) is 14.9. The van der Waals surface area contributed by atoms with Crippen molar-refractivity contribution in [3.05, 3.63) is 48.1 Å². The molecule has 7 heteroatoms. The largest absolute Gasteiger partial charge is 0.330 e. The fourth-order valence-corrected chi connectivity index (χ4v) is 3.38. The van der Waals surface area contributed by atoms with E-state index in [1.54, 1.807) is 6.20 Å². The van der Waals surface area contributed by atoms with Crippen LogP contribution in [-0.4, -0.2) is 14.5 Å². The molecular formula is C13H16ClN3O2S. The highest BCUT2D eigenvalue weighted by molar-refractivity contribution is 7.09. The third-order valence-electron chi connectivity index (χ3n) is 3.13. The molecule has 0 radical (unpaired) electrons. The van der Waals surface area contributed by atoms with E-state index in [0.717, 1.165) is 5.01 Å². The first-order chi connectivity index (χ1) is 9.47. The molecule has 0 aromatic carbocycles. The number of rotatable bonds is 4. The van der Waals surface area contributed by atoms with E-state index in [1.807, 2.05) is 26.2 Å². The van der Waals surface area contributed by atoms with E-state index in [2.05, 4.69) is 9.97 Å². The fourth-order valence-electron chi connectivity index (χ4n) is 2.19. The third kappa shape index (κ3) is 2.58. The first-order valence-corrected chi connectivity index (χ1v) is 7.66. The summed E-state index contributed by atoms with van der Waals surface area (Å²) < 4.78 is 1.22. The summed E-state index contributed by atoms with van der Waals surface area (Å²) in [4.78, 5) is 31.5. The summed E-state index contributed by atoms with van der Waals surface area (Å²) in [5.41, 5.74) is -0.400. The summed E-state index contributed by atoms with van der Waals surface area (Å²) >= 11 is 7.42. The Labute approximate surface area is 125 Å². The van der Waals surface area contributed by atoms with Gasteiger partial charge in [0.2, 0.25) is 0 Å². The van der Waals surface area contributed by atoms with Crippen LogP contribution in [0.2, 0.25) is 5.15 Å². The minimum atomic E-state index is -0.494. The minimum Gasteiger partial charge on any atom is -0.297 e. The second-order valence-electron chi connectivity index (χ2n) is 4.78. The van der Waals surface area contributed by atoms with Gasteiger partial charge in [-0.3, -0.25) is 14.3 Å². The van der Waals surface area contributed by atoms with E-state index in [1.165, 1.54) is 15.9 Å². The third-order valence-corrected chi connectivity index (χ3v) is 4.31. The van der Waals surface area contributed by atoms with Crippen LogP contribution >= 0.6 is 22.9 Å². The first-order valence-electron chi connectivity index (χ1n) is 6.41. The van der Waals surface area contributed by atoms with E-state index in [9.17, 15) is 9.59 Å². The quantitative estimate of drug-likeness (QED) is 0.882. The van der Waals surface area contributed by atoms with Gasteiger partial charge in [0.1, 0.15) is 10.2 Å². The molecule has 0 fully saturated rings. The molecule has 0 aliphatic carbocycles. The van der Waals surface area contributed by atoms with Crippen molar-refractivity contribution < 1.29 is 0 Å². The van der Waals surface area contributed by atoms with Gasteiger partial charge in [-0.25, -0.2) is 9.78 Å². The Balaban J connectivity index is 2.71. The first kappa shape index (κ1) is 15.0. The van der Waals surface area contributed by atoms with Crippen molar-refractivity contribution >= 4 is 22.9 Å². The molecule has 2 rings (SSSR count). The molecular weight excluding hydrogens is 298 g/mol. The van der Waals surface area contributed by atoms with Crippen LogP contribution in [-0.2, 0) is 0 Å². The van der Waals surface area contributed by atoms with Gasteiger partial charge >= 0.3 is 5.69 Å². The molecule has 0 amide bonds. The SMILES string of the molecule is CCC(c1nccs1)n1c(=O)[nH]c(Cl)c(C(C)C)c1=O. The van der Waals surface area contributed by atoms with Gasteiger partial charge in [-0.1, -0.05) is 32.4 Å². The van der Waals surface area contributed by atoms with Gasteiger partial charge < -0.3 is 0 Å². The molecule has 0 bridgehead atoms. The van der Waals surface area contributed by atoms with Crippen LogP contribution in [0, 0.1) is 0 Å². The number of H-pyrrole nitrogens is 1. The maximum Gasteiger partial charge on any atom is 0.330 e. The fraction of sp³-hybridized carbons (Fsp3) is 0.462. The zero-order valence-electron chi connectivity index (χ0n) is 11.5. The van der Waals surface area contributed by atoms with Crippen molar-refractivity contribution in [3.8, 4) is 0 Å². The van der Waals surface area contributed by atoms with Gasteiger partial charge in [-0.05, 0) is 12.3 Å². The average Bonchev–Trinajstić information content (AvgIpc) is 2.86. The molecule has 0 saturated carbocycles. The van der Waals surface area contributed by atoms with Gasteiger partial charge in [0.15, 0.2) is 0 Å². The van der Waals surface area contributed by atoms with Crippen molar-refractivity contribution in [1.29, 1.82) is 0 Å². The number of hydrogen-bond acceptors (Lipinski definition) is 4. The molecule has 2 aromatic rings. The molecule has 20 heavy (non-hydrogen) atoms. The lowest BCUT2D eigenvalue weighted by Gasteiger charge is -2.17. The standard InChI is InChI=1S/C13H16ClN3O2S/c1-4-8(11-15-5-6-20-11)17-12(18)9(7(2)3)10(14)16-13(17)19/h5-8H,4H2,1-3H3,(H,16,19). The Bertz CT molecular complexity index is 703. The normalized spacial score (nSPS) is 12.8. The van der Waals surface area contributed by atoms with Crippen molar-refractivity contribution in [3.63, 3.8) is 0 Å². The molecule has 0 aliphatic rings. The number of aromatic nitrogens is 3. The predicted octanol–water partition coefficient (Wildman–Crippen LogP) is 2.77. The minimum absolute atomic E-state index is 0.0631. The Morgan fingerprint density at radius 3 is 2.65 bits per heavy atom. The lowest BCUT2D eigenvalue weighted by atomic mass is 10.1. The van der Waals surface area contributed by atoms with E-state index in [-0.39, 0.29) is 22.7 Å². The summed E-state index contributed by atoms with van der Waals surface area (Å²) in [6.45, 7) is 5.66. The molecule has 1 atom stereocenters. The van der Waals surface area contributed by atoms with Crippen LogP contribution in [0.15, 0.2) is 21.2 Å². The number of halogens is 1. The molecule has 5 nitrogen and oxygen atoms in total. The second kappa shape index (κ2) is 5.93. The molecule has 2 heterocycles. The average molecular weight is 314 g/mol. The maximum atomic E-state index is 12.6. The highest BCUT2D eigenvalue weighted by Crippen LogP contribution is 2.23. The van der Waals surface area contributed by atoms with Crippen molar-refractivity contribution in [2.75, 3.05) is 0 Å². The van der Waals surface area contributed by atoms with E-state index >= 15 is 0 Å². The smallest absolute Gasteiger partial charge is 0.297 e. The molecule has 2 aromatic heterocycles. The molecule has 1 unspecified atom stereocenters. The number of aromatic amines is 1. The number of nitrogens with zero attached hydrogens (tertiary/aromatic N) is 2. The molecule has 0 saturated heterocycles. The van der Waals surface area contributed by atoms with Gasteiger partial charge in [0, 0.05) is 11.6 Å². The topological polar surface area (TPSA) is 67.8 Å². The lowest BCUT2D eigenvalue weighted by Crippen LogP contribution is -2.40. The van der Waals surface area contributed by atoms with Crippen LogP contribution in [0.3, 0.4) is 0 Å². The van der Waals surface area contributed by atoms with E-state index < -0.39 is 5.69 Å².